The predicted molar refractivity (Wildman–Crippen MR) is 107 cm³/mol. The zero-order valence-electron chi connectivity index (χ0n) is 15.3. The van der Waals surface area contributed by atoms with E-state index in [-0.39, 0.29) is 11.7 Å². The monoisotopic (exact) mass is 362 g/mol. The van der Waals surface area contributed by atoms with Crippen molar-refractivity contribution in [2.75, 3.05) is 6.61 Å². The van der Waals surface area contributed by atoms with Gasteiger partial charge < -0.3 is 9.84 Å². The summed E-state index contributed by atoms with van der Waals surface area (Å²) in [5.74, 6) is 0.942. The highest BCUT2D eigenvalue weighted by Gasteiger charge is 2.07. The first kappa shape index (κ1) is 18.5. The van der Waals surface area contributed by atoms with Crippen LogP contribution in [0.4, 0.5) is 0 Å². The van der Waals surface area contributed by atoms with E-state index in [0.717, 1.165) is 16.5 Å². The molecule has 3 aromatic carbocycles. The third-order valence-electron chi connectivity index (χ3n) is 4.01. The van der Waals surface area contributed by atoms with Crippen LogP contribution in [0.5, 0.6) is 11.5 Å². The van der Waals surface area contributed by atoms with Gasteiger partial charge in [0.2, 0.25) is 0 Å². The number of hydrogen-bond donors (Lipinski definition) is 2. The van der Waals surface area contributed by atoms with Crippen LogP contribution in [0.1, 0.15) is 29.8 Å². The molecule has 3 rings (SSSR count). The lowest BCUT2D eigenvalue weighted by Crippen LogP contribution is -2.17. The van der Waals surface area contributed by atoms with Gasteiger partial charge >= 0.3 is 0 Å². The van der Waals surface area contributed by atoms with Crippen LogP contribution in [-0.2, 0) is 0 Å². The van der Waals surface area contributed by atoms with Crippen LogP contribution in [0.2, 0.25) is 0 Å². The first-order valence-electron chi connectivity index (χ1n) is 8.81. The Morgan fingerprint density at radius 3 is 2.59 bits per heavy atom. The number of phenolic OH excluding ortho intramolecular Hbond substituents is 1. The van der Waals surface area contributed by atoms with E-state index in [1.165, 1.54) is 6.21 Å². The van der Waals surface area contributed by atoms with Gasteiger partial charge in [-0.1, -0.05) is 44.2 Å². The van der Waals surface area contributed by atoms with Crippen molar-refractivity contribution < 1.29 is 14.6 Å². The minimum absolute atomic E-state index is 0.110. The van der Waals surface area contributed by atoms with E-state index < -0.39 is 0 Å². The van der Waals surface area contributed by atoms with Crippen molar-refractivity contribution in [3.63, 3.8) is 0 Å². The van der Waals surface area contributed by atoms with Crippen molar-refractivity contribution in [1.82, 2.24) is 5.43 Å². The summed E-state index contributed by atoms with van der Waals surface area (Å²) in [4.78, 5) is 12.2. The molecule has 0 unspecified atom stereocenters. The average Bonchev–Trinajstić information content (AvgIpc) is 2.68. The fourth-order valence-corrected chi connectivity index (χ4v) is 2.61. The molecule has 0 fully saturated rings. The van der Waals surface area contributed by atoms with Crippen LogP contribution in [0.25, 0.3) is 10.8 Å². The molecule has 0 bridgehead atoms. The van der Waals surface area contributed by atoms with Crippen molar-refractivity contribution in [2.24, 2.45) is 11.0 Å². The Balaban J connectivity index is 1.68. The van der Waals surface area contributed by atoms with E-state index in [1.807, 2.05) is 30.3 Å². The summed E-state index contributed by atoms with van der Waals surface area (Å²) in [5, 5.41) is 15.9. The molecule has 5 nitrogen and oxygen atoms in total. The molecule has 27 heavy (non-hydrogen) atoms. The summed E-state index contributed by atoms with van der Waals surface area (Å²) in [7, 11) is 0. The molecule has 0 aliphatic carbocycles. The molecule has 0 aliphatic rings. The Morgan fingerprint density at radius 2 is 1.85 bits per heavy atom. The molecule has 2 N–H and O–H groups in total. The summed E-state index contributed by atoms with van der Waals surface area (Å²) in [6.07, 6.45) is 1.45. The van der Waals surface area contributed by atoms with Gasteiger partial charge in [-0.3, -0.25) is 4.79 Å². The smallest absolute Gasteiger partial charge is 0.271 e. The number of rotatable bonds is 6. The van der Waals surface area contributed by atoms with E-state index in [0.29, 0.717) is 23.7 Å². The van der Waals surface area contributed by atoms with Gasteiger partial charge in [-0.05, 0) is 47.0 Å². The van der Waals surface area contributed by atoms with Gasteiger partial charge in [-0.25, -0.2) is 5.43 Å². The number of hydrazone groups is 1. The first-order chi connectivity index (χ1) is 13.0. The zero-order valence-corrected chi connectivity index (χ0v) is 15.3. The third kappa shape index (κ3) is 4.64. The Hall–Kier alpha value is -3.34. The summed E-state index contributed by atoms with van der Waals surface area (Å²) in [5.41, 5.74) is 3.53. The molecular formula is C22H22N2O3. The zero-order chi connectivity index (χ0) is 19.2. The molecular weight excluding hydrogens is 340 g/mol. The summed E-state index contributed by atoms with van der Waals surface area (Å²) < 4.78 is 5.61. The van der Waals surface area contributed by atoms with Crippen molar-refractivity contribution in [3.05, 3.63) is 71.8 Å². The van der Waals surface area contributed by atoms with Crippen LogP contribution in [0.15, 0.2) is 65.8 Å². The molecule has 138 valence electrons. The van der Waals surface area contributed by atoms with Gasteiger partial charge in [-0.15, -0.1) is 0 Å². The minimum Gasteiger partial charge on any atom is -0.507 e. The highest BCUT2D eigenvalue weighted by Crippen LogP contribution is 2.25. The van der Waals surface area contributed by atoms with Crippen molar-refractivity contribution >= 4 is 22.9 Å². The number of phenols is 1. The topological polar surface area (TPSA) is 70.9 Å². The van der Waals surface area contributed by atoms with Crippen molar-refractivity contribution in [1.29, 1.82) is 0 Å². The molecule has 3 aromatic rings. The number of ether oxygens (including phenoxy) is 1. The maximum Gasteiger partial charge on any atom is 0.271 e. The molecule has 0 saturated heterocycles. The van der Waals surface area contributed by atoms with Crippen LogP contribution < -0.4 is 10.2 Å². The second-order valence-electron chi connectivity index (χ2n) is 6.65. The summed E-state index contributed by atoms with van der Waals surface area (Å²) in [6, 6.07) is 18.0. The molecule has 0 heterocycles. The summed E-state index contributed by atoms with van der Waals surface area (Å²) >= 11 is 0. The number of nitrogens with zero attached hydrogens (tertiary/aromatic N) is 1. The van der Waals surface area contributed by atoms with Crippen LogP contribution >= 0.6 is 0 Å². The van der Waals surface area contributed by atoms with Gasteiger partial charge in [0.25, 0.3) is 5.91 Å². The van der Waals surface area contributed by atoms with Gasteiger partial charge in [0.05, 0.1) is 12.8 Å². The van der Waals surface area contributed by atoms with Crippen molar-refractivity contribution in [3.8, 4) is 11.5 Å². The number of nitrogens with one attached hydrogen (secondary N) is 1. The molecule has 0 saturated carbocycles. The number of benzene rings is 3. The fraction of sp³-hybridized carbons (Fsp3) is 0.182. The Bertz CT molecular complexity index is 963. The molecule has 1 amide bonds. The van der Waals surface area contributed by atoms with Crippen LogP contribution in [0, 0.1) is 5.92 Å². The van der Waals surface area contributed by atoms with E-state index in [1.54, 1.807) is 30.3 Å². The second-order valence-corrected chi connectivity index (χ2v) is 6.65. The summed E-state index contributed by atoms with van der Waals surface area (Å²) in [6.45, 7) is 4.78. The Morgan fingerprint density at radius 1 is 1.11 bits per heavy atom. The third-order valence-corrected chi connectivity index (χ3v) is 4.01. The normalized spacial score (nSPS) is 11.2. The quantitative estimate of drug-likeness (QED) is 0.506. The van der Waals surface area contributed by atoms with E-state index in [4.69, 9.17) is 4.74 Å². The number of amides is 1. The van der Waals surface area contributed by atoms with Gasteiger partial charge in [0.15, 0.2) is 0 Å². The van der Waals surface area contributed by atoms with Crippen molar-refractivity contribution in [2.45, 2.75) is 13.8 Å². The van der Waals surface area contributed by atoms with Crippen LogP contribution in [-0.4, -0.2) is 23.8 Å². The predicted octanol–water partition coefficient (Wildman–Crippen LogP) is 4.34. The number of hydrogen-bond acceptors (Lipinski definition) is 4. The Kier molecular flexibility index (Phi) is 5.71. The maximum atomic E-state index is 12.2. The number of aromatic hydroxyl groups is 1. The van der Waals surface area contributed by atoms with E-state index >= 15 is 0 Å². The molecule has 5 heteroatoms. The van der Waals surface area contributed by atoms with Gasteiger partial charge in [0, 0.05) is 11.1 Å². The highest BCUT2D eigenvalue weighted by molar-refractivity contribution is 6.03. The minimum atomic E-state index is -0.332. The fourth-order valence-electron chi connectivity index (χ4n) is 2.61. The number of carbonyl (C=O) groups excluding carboxylic acids is 1. The molecule has 0 atom stereocenters. The first-order valence-corrected chi connectivity index (χ1v) is 8.81. The standard InChI is InChI=1S/C22H22N2O3/c1-15(2)14-27-18-10-7-17(8-11-18)22(26)24-23-13-20-19-6-4-3-5-16(19)9-12-21(20)25/h3-13,15,25H,14H2,1-2H3,(H,24,26)/b23-13+. The second kappa shape index (κ2) is 8.36. The SMILES string of the molecule is CC(C)COc1ccc(C(=O)N/N=C/c2c(O)ccc3ccccc23)cc1. The molecule has 0 aliphatic heterocycles. The average molecular weight is 362 g/mol. The molecule has 0 spiro atoms. The van der Waals surface area contributed by atoms with E-state index in [2.05, 4.69) is 24.4 Å². The number of fused-ring (bicyclic) bond motifs is 1. The largest absolute Gasteiger partial charge is 0.507 e. The highest BCUT2D eigenvalue weighted by atomic mass is 16.5. The van der Waals surface area contributed by atoms with Gasteiger partial charge in [0.1, 0.15) is 11.5 Å². The van der Waals surface area contributed by atoms with Gasteiger partial charge in [-0.2, -0.15) is 5.10 Å². The van der Waals surface area contributed by atoms with E-state index in [9.17, 15) is 9.90 Å². The van der Waals surface area contributed by atoms with Crippen LogP contribution in [0.3, 0.4) is 0 Å². The number of carbonyl (C=O) groups is 1. The lowest BCUT2D eigenvalue weighted by molar-refractivity contribution is 0.0955. The lowest BCUT2D eigenvalue weighted by atomic mass is 10.0. The lowest BCUT2D eigenvalue weighted by Gasteiger charge is -2.09. The maximum absolute atomic E-state index is 12.2. The molecule has 0 radical (unpaired) electrons. The Labute approximate surface area is 158 Å². The molecule has 0 aromatic heterocycles.